The summed E-state index contributed by atoms with van der Waals surface area (Å²) >= 11 is 0. The molecule has 6 nitrogen and oxygen atoms in total. The first-order valence-corrected chi connectivity index (χ1v) is 7.57. The number of hydrogen-bond acceptors (Lipinski definition) is 5. The number of para-hydroxylation sites is 1. The van der Waals surface area contributed by atoms with Crippen LogP contribution in [0, 0.1) is 11.3 Å². The van der Waals surface area contributed by atoms with Crippen molar-refractivity contribution in [3.63, 3.8) is 0 Å². The van der Waals surface area contributed by atoms with Crippen LogP contribution in [-0.4, -0.2) is 20.1 Å². The lowest BCUT2D eigenvalue weighted by molar-refractivity contribution is 0.409. The summed E-state index contributed by atoms with van der Waals surface area (Å²) in [6, 6.07) is 14.1. The van der Waals surface area contributed by atoms with E-state index in [1.807, 2.05) is 19.2 Å². The number of ether oxygens (including phenoxy) is 1. The number of rotatable bonds is 5. The minimum Gasteiger partial charge on any atom is -0.504 e. The van der Waals surface area contributed by atoms with Crippen LogP contribution in [0.25, 0.3) is 0 Å². The molecule has 0 amide bonds. The van der Waals surface area contributed by atoms with Crippen LogP contribution in [0.2, 0.25) is 0 Å². The molecule has 0 fully saturated rings. The van der Waals surface area contributed by atoms with Gasteiger partial charge in [-0.1, -0.05) is 30.3 Å². The van der Waals surface area contributed by atoms with Crippen LogP contribution < -0.4 is 4.74 Å². The van der Waals surface area contributed by atoms with E-state index in [1.54, 1.807) is 41.1 Å². The maximum Gasteiger partial charge on any atom is 0.169 e. The second-order valence-electron chi connectivity index (χ2n) is 5.27. The number of aromatic hydroxyl groups is 1. The molecule has 6 heteroatoms. The molecule has 0 saturated carbocycles. The summed E-state index contributed by atoms with van der Waals surface area (Å²) in [7, 11) is 0. The Labute approximate surface area is 139 Å². The third-order valence-electron chi connectivity index (χ3n) is 3.54. The van der Waals surface area contributed by atoms with Gasteiger partial charge in [-0.2, -0.15) is 5.26 Å². The van der Waals surface area contributed by atoms with Crippen molar-refractivity contribution in [2.24, 2.45) is 0 Å². The predicted octanol–water partition coefficient (Wildman–Crippen LogP) is 3.26. The number of nitriles is 1. The Bertz CT molecular complexity index is 896. The molecular formula is C18H16N4O2. The van der Waals surface area contributed by atoms with Crippen LogP contribution in [0.3, 0.4) is 0 Å². The van der Waals surface area contributed by atoms with Crippen LogP contribution in [0.4, 0.5) is 0 Å². The van der Waals surface area contributed by atoms with E-state index in [0.717, 1.165) is 17.7 Å². The molecule has 0 aliphatic carbocycles. The number of nitrogens with zero attached hydrogens (tertiary/aromatic N) is 4. The van der Waals surface area contributed by atoms with Gasteiger partial charge >= 0.3 is 0 Å². The van der Waals surface area contributed by atoms with E-state index in [-0.39, 0.29) is 5.75 Å². The van der Waals surface area contributed by atoms with E-state index in [1.165, 1.54) is 0 Å². The van der Waals surface area contributed by atoms with Gasteiger partial charge in [0.15, 0.2) is 11.5 Å². The molecule has 0 spiro atoms. The van der Waals surface area contributed by atoms with E-state index in [0.29, 0.717) is 23.6 Å². The maximum absolute atomic E-state index is 10.2. The van der Waals surface area contributed by atoms with Gasteiger partial charge in [0.05, 0.1) is 17.8 Å². The van der Waals surface area contributed by atoms with Crippen LogP contribution in [0.1, 0.15) is 23.7 Å². The Morgan fingerprint density at radius 1 is 1.21 bits per heavy atom. The van der Waals surface area contributed by atoms with Crippen molar-refractivity contribution in [2.75, 3.05) is 0 Å². The highest BCUT2D eigenvalue weighted by molar-refractivity contribution is 5.49. The number of phenols is 1. The molecule has 0 radical (unpaired) electrons. The lowest BCUT2D eigenvalue weighted by atomic mass is 10.2. The first-order chi connectivity index (χ1) is 11.7. The normalized spacial score (nSPS) is 10.3. The quantitative estimate of drug-likeness (QED) is 0.780. The number of aryl methyl sites for hydroxylation is 1. The number of benzene rings is 2. The molecule has 3 rings (SSSR count). The first kappa shape index (κ1) is 15.6. The molecule has 0 unspecified atom stereocenters. The average molecular weight is 320 g/mol. The van der Waals surface area contributed by atoms with Gasteiger partial charge in [0.2, 0.25) is 0 Å². The number of aromatic nitrogens is 3. The summed E-state index contributed by atoms with van der Waals surface area (Å²) in [6.07, 6.45) is 2.71. The Kier molecular flexibility index (Phi) is 4.43. The van der Waals surface area contributed by atoms with Crippen molar-refractivity contribution < 1.29 is 9.84 Å². The van der Waals surface area contributed by atoms with Crippen molar-refractivity contribution in [3.05, 3.63) is 65.5 Å². The summed E-state index contributed by atoms with van der Waals surface area (Å²) in [6.45, 7) is 2.53. The van der Waals surface area contributed by atoms with Crippen molar-refractivity contribution in [1.82, 2.24) is 15.0 Å². The highest BCUT2D eigenvalue weighted by atomic mass is 16.5. The van der Waals surface area contributed by atoms with Crippen LogP contribution in [0.15, 0.2) is 48.7 Å². The first-order valence-electron chi connectivity index (χ1n) is 7.57. The van der Waals surface area contributed by atoms with Gasteiger partial charge in [0.1, 0.15) is 11.8 Å². The van der Waals surface area contributed by atoms with E-state index < -0.39 is 0 Å². The summed E-state index contributed by atoms with van der Waals surface area (Å²) in [5.74, 6) is 0.720. The van der Waals surface area contributed by atoms with Gasteiger partial charge in [-0.3, -0.25) is 0 Å². The summed E-state index contributed by atoms with van der Waals surface area (Å²) in [4.78, 5) is 0. The molecule has 1 heterocycles. The van der Waals surface area contributed by atoms with E-state index >= 15 is 0 Å². The zero-order chi connectivity index (χ0) is 16.9. The van der Waals surface area contributed by atoms with Crippen LogP contribution >= 0.6 is 0 Å². The highest BCUT2D eigenvalue weighted by Gasteiger charge is 2.09. The molecule has 1 aromatic heterocycles. The number of hydrogen-bond donors (Lipinski definition) is 1. The van der Waals surface area contributed by atoms with Gasteiger partial charge in [0.25, 0.3) is 0 Å². The fraction of sp³-hybridized carbons (Fsp3) is 0.167. The molecule has 0 bridgehead atoms. The molecule has 3 aromatic rings. The zero-order valence-electron chi connectivity index (χ0n) is 13.2. The van der Waals surface area contributed by atoms with Crippen LogP contribution in [0.5, 0.6) is 17.2 Å². The standard InChI is InChI=1S/C18H16N4O2/c1-2-15-12-22(21-20-15)11-13-7-8-18(16(23)9-13)24-17-6-4-3-5-14(17)10-19/h3-9,12,23H,2,11H2,1H3. The average Bonchev–Trinajstić information content (AvgIpc) is 3.05. The van der Waals surface area contributed by atoms with Gasteiger partial charge in [-0.25, -0.2) is 4.68 Å². The molecule has 0 aliphatic rings. The van der Waals surface area contributed by atoms with Gasteiger partial charge in [-0.05, 0) is 36.2 Å². The molecule has 1 N–H and O–H groups in total. The second kappa shape index (κ2) is 6.84. The third-order valence-corrected chi connectivity index (χ3v) is 3.54. The lowest BCUT2D eigenvalue weighted by Crippen LogP contribution is -2.00. The Morgan fingerprint density at radius 2 is 2.04 bits per heavy atom. The van der Waals surface area contributed by atoms with Crippen molar-refractivity contribution in [3.8, 4) is 23.3 Å². The topological polar surface area (TPSA) is 84.0 Å². The Balaban J connectivity index is 1.78. The summed E-state index contributed by atoms with van der Waals surface area (Å²) in [5.41, 5.74) is 2.21. The van der Waals surface area contributed by atoms with E-state index in [2.05, 4.69) is 16.4 Å². The molecule has 24 heavy (non-hydrogen) atoms. The maximum atomic E-state index is 10.2. The minimum absolute atomic E-state index is 0.0103. The Hall–Kier alpha value is -3.33. The summed E-state index contributed by atoms with van der Waals surface area (Å²) in [5, 5.41) is 27.4. The smallest absolute Gasteiger partial charge is 0.169 e. The lowest BCUT2D eigenvalue weighted by Gasteiger charge is -2.10. The largest absolute Gasteiger partial charge is 0.504 e. The predicted molar refractivity (Wildman–Crippen MR) is 87.8 cm³/mol. The fourth-order valence-corrected chi connectivity index (χ4v) is 2.28. The van der Waals surface area contributed by atoms with E-state index in [9.17, 15) is 5.11 Å². The molecular weight excluding hydrogens is 304 g/mol. The fourth-order valence-electron chi connectivity index (χ4n) is 2.28. The highest BCUT2D eigenvalue weighted by Crippen LogP contribution is 2.32. The van der Waals surface area contributed by atoms with Gasteiger partial charge < -0.3 is 9.84 Å². The molecule has 120 valence electrons. The molecule has 0 aliphatic heterocycles. The van der Waals surface area contributed by atoms with Crippen LogP contribution in [-0.2, 0) is 13.0 Å². The van der Waals surface area contributed by atoms with Gasteiger partial charge in [0, 0.05) is 6.20 Å². The minimum atomic E-state index is 0.0103. The number of phenolic OH excluding ortho intramolecular Hbond substituents is 1. The third kappa shape index (κ3) is 3.36. The SMILES string of the molecule is CCc1cn(Cc2ccc(Oc3ccccc3C#N)c(O)c2)nn1. The molecule has 0 atom stereocenters. The molecule has 2 aromatic carbocycles. The zero-order valence-corrected chi connectivity index (χ0v) is 13.2. The monoisotopic (exact) mass is 320 g/mol. The van der Waals surface area contributed by atoms with Crippen molar-refractivity contribution in [2.45, 2.75) is 19.9 Å². The summed E-state index contributed by atoms with van der Waals surface area (Å²) < 4.78 is 7.37. The molecule has 0 saturated heterocycles. The van der Waals surface area contributed by atoms with Crippen molar-refractivity contribution in [1.29, 1.82) is 5.26 Å². The second-order valence-corrected chi connectivity index (χ2v) is 5.27. The van der Waals surface area contributed by atoms with E-state index in [4.69, 9.17) is 10.00 Å². The van der Waals surface area contributed by atoms with Crippen molar-refractivity contribution >= 4 is 0 Å². The Morgan fingerprint density at radius 3 is 2.75 bits per heavy atom. The van der Waals surface area contributed by atoms with Gasteiger partial charge in [-0.15, -0.1) is 5.10 Å².